The van der Waals surface area contributed by atoms with Crippen molar-refractivity contribution in [3.63, 3.8) is 0 Å². The van der Waals surface area contributed by atoms with Gasteiger partial charge < -0.3 is 21.1 Å². The number of nitrogens with two attached hydrogens (primary N) is 1. The van der Waals surface area contributed by atoms with Crippen LogP contribution in [-0.4, -0.2) is 26.2 Å². The van der Waals surface area contributed by atoms with E-state index in [4.69, 9.17) is 10.8 Å². The van der Waals surface area contributed by atoms with E-state index in [2.05, 4.69) is 0 Å². The predicted octanol–water partition coefficient (Wildman–Crippen LogP) is -0.256. The number of hydrogen-bond donors (Lipinski definition) is 5. The highest BCUT2D eigenvalue weighted by atomic mass is 16.3. The van der Waals surface area contributed by atoms with Crippen LogP contribution >= 0.6 is 0 Å². The van der Waals surface area contributed by atoms with E-state index in [0.29, 0.717) is 0 Å². The van der Waals surface area contributed by atoms with E-state index in [1.54, 1.807) is 0 Å². The standard InChI is InChI=1S/C10H8N2O5/c11-9(16)7-4(13)1-3-2-5(14)12-10(17)6(3)8(7)15/h1-2,13,15H,(H2,11,16)(H2,12,14,17). The summed E-state index contributed by atoms with van der Waals surface area (Å²) >= 11 is 0. The Morgan fingerprint density at radius 1 is 1.24 bits per heavy atom. The SMILES string of the molecule is NC(=O)c1c(O)cc2cc(O)[nH]c(=O)c2c1O. The summed E-state index contributed by atoms with van der Waals surface area (Å²) in [6.45, 7) is 0. The highest BCUT2D eigenvalue weighted by Gasteiger charge is 2.19. The molecule has 2 rings (SSSR count). The molecule has 1 aromatic carbocycles. The van der Waals surface area contributed by atoms with Crippen LogP contribution in [0.5, 0.6) is 17.4 Å². The third-order valence-electron chi connectivity index (χ3n) is 2.32. The van der Waals surface area contributed by atoms with Crippen LogP contribution in [0.1, 0.15) is 10.4 Å². The Labute approximate surface area is 93.7 Å². The molecule has 88 valence electrons. The molecule has 1 heterocycles. The number of aromatic amines is 1. The van der Waals surface area contributed by atoms with Gasteiger partial charge in [0.1, 0.15) is 17.1 Å². The van der Waals surface area contributed by atoms with Crippen molar-refractivity contribution in [3.05, 3.63) is 28.0 Å². The Bertz CT molecular complexity index is 689. The minimum atomic E-state index is -1.06. The van der Waals surface area contributed by atoms with Crippen molar-refractivity contribution in [3.8, 4) is 17.4 Å². The normalized spacial score (nSPS) is 10.6. The first-order chi connectivity index (χ1) is 7.91. The summed E-state index contributed by atoms with van der Waals surface area (Å²) in [6.07, 6.45) is 0. The van der Waals surface area contributed by atoms with Gasteiger partial charge in [0.05, 0.1) is 5.39 Å². The zero-order valence-electron chi connectivity index (χ0n) is 8.39. The average molecular weight is 236 g/mol. The van der Waals surface area contributed by atoms with E-state index >= 15 is 0 Å². The fourth-order valence-electron chi connectivity index (χ4n) is 1.63. The molecule has 0 spiro atoms. The molecule has 6 N–H and O–H groups in total. The van der Waals surface area contributed by atoms with Crippen LogP contribution < -0.4 is 11.3 Å². The smallest absolute Gasteiger partial charge is 0.262 e. The van der Waals surface area contributed by atoms with Gasteiger partial charge >= 0.3 is 0 Å². The minimum Gasteiger partial charge on any atom is -0.507 e. The average Bonchev–Trinajstić information content (AvgIpc) is 2.13. The Morgan fingerprint density at radius 2 is 1.88 bits per heavy atom. The van der Waals surface area contributed by atoms with E-state index in [1.165, 1.54) is 0 Å². The number of hydrogen-bond acceptors (Lipinski definition) is 5. The number of carbonyl (C=O) groups is 1. The summed E-state index contributed by atoms with van der Waals surface area (Å²) in [5.41, 5.74) is 3.64. The molecule has 0 bridgehead atoms. The van der Waals surface area contributed by atoms with Crippen LogP contribution in [0.25, 0.3) is 10.8 Å². The maximum atomic E-state index is 11.5. The maximum Gasteiger partial charge on any atom is 0.262 e. The molecule has 0 saturated carbocycles. The fraction of sp³-hybridized carbons (Fsp3) is 0. The molecule has 1 aromatic heterocycles. The maximum absolute atomic E-state index is 11.5. The number of nitrogens with one attached hydrogen (secondary N) is 1. The second-order valence-electron chi connectivity index (χ2n) is 3.43. The summed E-state index contributed by atoms with van der Waals surface area (Å²) in [6, 6.07) is 2.19. The molecule has 0 fully saturated rings. The first-order valence-corrected chi connectivity index (χ1v) is 4.52. The van der Waals surface area contributed by atoms with Crippen molar-refractivity contribution in [1.82, 2.24) is 4.98 Å². The number of aromatic hydroxyl groups is 3. The molecule has 1 amide bonds. The number of aromatic nitrogens is 1. The van der Waals surface area contributed by atoms with Gasteiger partial charge in [0.25, 0.3) is 11.5 Å². The number of carbonyl (C=O) groups excluding carboxylic acids is 1. The van der Waals surface area contributed by atoms with Crippen LogP contribution in [0.3, 0.4) is 0 Å². The number of primary amides is 1. The minimum absolute atomic E-state index is 0.0891. The number of pyridine rings is 1. The molecule has 0 aliphatic rings. The molecule has 0 atom stereocenters. The lowest BCUT2D eigenvalue weighted by molar-refractivity contribution is 0.0995. The number of fused-ring (bicyclic) bond motifs is 1. The van der Waals surface area contributed by atoms with Crippen molar-refractivity contribution in [2.75, 3.05) is 0 Å². The molecular weight excluding hydrogens is 228 g/mol. The molecule has 0 radical (unpaired) electrons. The summed E-state index contributed by atoms with van der Waals surface area (Å²) in [7, 11) is 0. The van der Waals surface area contributed by atoms with Gasteiger partial charge in [0.2, 0.25) is 0 Å². The van der Waals surface area contributed by atoms with Crippen LogP contribution in [0, 0.1) is 0 Å². The number of H-pyrrole nitrogens is 1. The van der Waals surface area contributed by atoms with Gasteiger partial charge in [-0.25, -0.2) is 0 Å². The van der Waals surface area contributed by atoms with E-state index in [9.17, 15) is 19.8 Å². The number of phenols is 2. The van der Waals surface area contributed by atoms with Crippen molar-refractivity contribution in [1.29, 1.82) is 0 Å². The molecular formula is C10H8N2O5. The Hall–Kier alpha value is -2.70. The van der Waals surface area contributed by atoms with Crippen molar-refractivity contribution in [2.24, 2.45) is 5.73 Å². The van der Waals surface area contributed by atoms with Gasteiger partial charge in [-0.3, -0.25) is 14.6 Å². The summed E-state index contributed by atoms with van der Waals surface area (Å²) in [4.78, 5) is 24.5. The molecule has 0 unspecified atom stereocenters. The van der Waals surface area contributed by atoms with E-state index in [1.807, 2.05) is 4.98 Å². The lowest BCUT2D eigenvalue weighted by Crippen LogP contribution is -2.13. The van der Waals surface area contributed by atoms with Crippen molar-refractivity contribution < 1.29 is 20.1 Å². The summed E-state index contributed by atoms with van der Waals surface area (Å²) < 4.78 is 0. The third-order valence-corrected chi connectivity index (χ3v) is 2.32. The molecule has 0 aliphatic heterocycles. The molecule has 7 nitrogen and oxygen atoms in total. The summed E-state index contributed by atoms with van der Waals surface area (Å²) in [5, 5.41) is 28.2. The Balaban J connectivity index is 3.03. The first kappa shape index (κ1) is 10.8. The molecule has 7 heteroatoms. The molecule has 0 saturated heterocycles. The number of rotatable bonds is 1. The number of benzene rings is 1. The fourth-order valence-corrected chi connectivity index (χ4v) is 1.63. The lowest BCUT2D eigenvalue weighted by atomic mass is 10.1. The van der Waals surface area contributed by atoms with Gasteiger partial charge in [0, 0.05) is 6.07 Å². The largest absolute Gasteiger partial charge is 0.507 e. The topological polar surface area (TPSA) is 137 Å². The van der Waals surface area contributed by atoms with Crippen LogP contribution in [0.4, 0.5) is 0 Å². The van der Waals surface area contributed by atoms with Crippen LogP contribution in [0.15, 0.2) is 16.9 Å². The lowest BCUT2D eigenvalue weighted by Gasteiger charge is -2.07. The second kappa shape index (κ2) is 3.41. The van der Waals surface area contributed by atoms with E-state index in [0.717, 1.165) is 12.1 Å². The Kier molecular flexibility index (Phi) is 2.17. The zero-order valence-corrected chi connectivity index (χ0v) is 8.39. The molecule has 17 heavy (non-hydrogen) atoms. The van der Waals surface area contributed by atoms with Gasteiger partial charge in [-0.15, -0.1) is 0 Å². The monoisotopic (exact) mass is 236 g/mol. The van der Waals surface area contributed by atoms with Crippen molar-refractivity contribution in [2.45, 2.75) is 0 Å². The summed E-state index contributed by atoms with van der Waals surface area (Å²) in [5.74, 6) is -2.76. The highest BCUT2D eigenvalue weighted by Crippen LogP contribution is 2.33. The second-order valence-corrected chi connectivity index (χ2v) is 3.43. The van der Waals surface area contributed by atoms with E-state index < -0.39 is 34.4 Å². The van der Waals surface area contributed by atoms with Gasteiger partial charge in [-0.05, 0) is 11.5 Å². The molecule has 0 aliphatic carbocycles. The van der Waals surface area contributed by atoms with Crippen LogP contribution in [0.2, 0.25) is 0 Å². The third kappa shape index (κ3) is 1.53. The van der Waals surface area contributed by atoms with Crippen LogP contribution in [-0.2, 0) is 0 Å². The Morgan fingerprint density at radius 3 is 2.47 bits per heavy atom. The van der Waals surface area contributed by atoms with Gasteiger partial charge in [0.15, 0.2) is 5.88 Å². The molecule has 2 aromatic rings. The zero-order chi connectivity index (χ0) is 12.7. The number of amides is 1. The quantitative estimate of drug-likeness (QED) is 0.464. The van der Waals surface area contributed by atoms with Gasteiger partial charge in [-0.1, -0.05) is 0 Å². The highest BCUT2D eigenvalue weighted by molar-refractivity contribution is 6.05. The van der Waals surface area contributed by atoms with Gasteiger partial charge in [-0.2, -0.15) is 0 Å². The predicted molar refractivity (Wildman–Crippen MR) is 58.1 cm³/mol. The van der Waals surface area contributed by atoms with E-state index in [-0.39, 0.29) is 10.8 Å². The van der Waals surface area contributed by atoms with Crippen molar-refractivity contribution >= 4 is 16.7 Å². The first-order valence-electron chi connectivity index (χ1n) is 4.52.